The lowest BCUT2D eigenvalue weighted by Crippen LogP contribution is -2.57. The minimum atomic E-state index is -0.972. The van der Waals surface area contributed by atoms with Crippen LogP contribution in [0, 0.1) is 0 Å². The van der Waals surface area contributed by atoms with Gasteiger partial charge in [0.25, 0.3) is 0 Å². The molecule has 0 spiro atoms. The largest absolute Gasteiger partial charge is 0.481 e. The van der Waals surface area contributed by atoms with Crippen molar-refractivity contribution in [3.8, 4) is 0 Å². The van der Waals surface area contributed by atoms with Gasteiger partial charge >= 0.3 is 11.9 Å². The lowest BCUT2D eigenvalue weighted by Gasteiger charge is -2.34. The van der Waals surface area contributed by atoms with E-state index >= 15 is 0 Å². The van der Waals surface area contributed by atoms with Gasteiger partial charge in [0.2, 0.25) is 11.8 Å². The number of amides is 2. The molecule has 0 bridgehead atoms. The Morgan fingerprint density at radius 3 is 2.61 bits per heavy atom. The van der Waals surface area contributed by atoms with E-state index in [-0.39, 0.29) is 44.1 Å². The minimum absolute atomic E-state index is 0.0300. The third-order valence-corrected chi connectivity index (χ3v) is 4.51. The molecular formula is C20H26N2O6. The zero-order valence-electron chi connectivity index (χ0n) is 15.8. The Bertz CT molecular complexity index is 691. The fraction of sp³-hybridized carbons (Fsp3) is 0.500. The predicted molar refractivity (Wildman–Crippen MR) is 100 cm³/mol. The highest BCUT2D eigenvalue weighted by Crippen LogP contribution is 2.13. The topological polar surface area (TPSA) is 113 Å². The van der Waals surface area contributed by atoms with Gasteiger partial charge in [-0.05, 0) is 24.8 Å². The van der Waals surface area contributed by atoms with E-state index in [9.17, 15) is 19.2 Å². The third kappa shape index (κ3) is 7.02. The number of carboxylic acid groups (broad SMARTS) is 1. The molecule has 0 saturated carbocycles. The van der Waals surface area contributed by atoms with Crippen molar-refractivity contribution in [3.63, 3.8) is 0 Å². The molecule has 1 aromatic rings. The normalized spacial score (nSPS) is 16.4. The van der Waals surface area contributed by atoms with Crippen molar-refractivity contribution < 1.29 is 29.0 Å². The number of benzene rings is 1. The Balaban J connectivity index is 1.78. The van der Waals surface area contributed by atoms with Crippen LogP contribution in [-0.2, 0) is 30.3 Å². The summed E-state index contributed by atoms with van der Waals surface area (Å²) < 4.78 is 5.22. The smallest absolute Gasteiger partial charge is 0.308 e. The van der Waals surface area contributed by atoms with Gasteiger partial charge in [-0.15, -0.1) is 0 Å². The fourth-order valence-electron chi connectivity index (χ4n) is 3.07. The van der Waals surface area contributed by atoms with Crippen LogP contribution in [0.15, 0.2) is 30.3 Å². The second-order valence-corrected chi connectivity index (χ2v) is 6.65. The number of aliphatic carboxylic acids is 1. The van der Waals surface area contributed by atoms with Crippen LogP contribution in [0.25, 0.3) is 0 Å². The second kappa shape index (κ2) is 11.1. The number of hydrogen-bond donors (Lipinski definition) is 2. The average molecular weight is 390 g/mol. The molecule has 1 heterocycles. The maximum absolute atomic E-state index is 12.3. The second-order valence-electron chi connectivity index (χ2n) is 6.65. The van der Waals surface area contributed by atoms with Crippen molar-refractivity contribution in [2.45, 2.75) is 44.6 Å². The van der Waals surface area contributed by atoms with E-state index in [0.29, 0.717) is 19.5 Å². The highest BCUT2D eigenvalue weighted by molar-refractivity contribution is 5.92. The Morgan fingerprint density at radius 2 is 1.89 bits per heavy atom. The molecule has 0 aromatic heterocycles. The molecule has 1 aliphatic heterocycles. The van der Waals surface area contributed by atoms with Crippen molar-refractivity contribution >= 4 is 23.8 Å². The molecule has 1 saturated heterocycles. The summed E-state index contributed by atoms with van der Waals surface area (Å²) in [6.07, 6.45) is 1.36. The number of aryl methyl sites for hydroxylation is 1. The summed E-state index contributed by atoms with van der Waals surface area (Å²) in [5.74, 6) is -2.21. The summed E-state index contributed by atoms with van der Waals surface area (Å²) in [6, 6.07) is 8.93. The molecule has 1 aliphatic rings. The van der Waals surface area contributed by atoms with Crippen LogP contribution in [-0.4, -0.2) is 59.5 Å². The number of rotatable bonds is 10. The van der Waals surface area contributed by atoms with Gasteiger partial charge in [0.15, 0.2) is 0 Å². The van der Waals surface area contributed by atoms with Crippen LogP contribution in [0.4, 0.5) is 0 Å². The molecule has 2 rings (SSSR count). The first-order valence-corrected chi connectivity index (χ1v) is 9.46. The monoisotopic (exact) mass is 390 g/mol. The molecule has 2 N–H and O–H groups in total. The SMILES string of the molecule is O=C(O)CCCC(=O)N1CCNC(=O)[C@@H]1CC(=O)OCCCc1ccccc1. The molecule has 2 amide bonds. The number of carbonyl (C=O) groups is 4. The summed E-state index contributed by atoms with van der Waals surface area (Å²) in [5, 5.41) is 11.3. The Morgan fingerprint density at radius 1 is 1.14 bits per heavy atom. The molecule has 0 unspecified atom stereocenters. The first-order chi connectivity index (χ1) is 13.5. The molecule has 1 fully saturated rings. The fourth-order valence-corrected chi connectivity index (χ4v) is 3.07. The third-order valence-electron chi connectivity index (χ3n) is 4.51. The van der Waals surface area contributed by atoms with E-state index in [1.807, 2.05) is 30.3 Å². The first kappa shape index (κ1) is 21.4. The van der Waals surface area contributed by atoms with Gasteiger partial charge in [-0.2, -0.15) is 0 Å². The first-order valence-electron chi connectivity index (χ1n) is 9.46. The lowest BCUT2D eigenvalue weighted by atomic mass is 10.1. The summed E-state index contributed by atoms with van der Waals surface area (Å²) in [7, 11) is 0. The number of nitrogens with zero attached hydrogens (tertiary/aromatic N) is 1. The molecular weight excluding hydrogens is 364 g/mol. The summed E-state index contributed by atoms with van der Waals surface area (Å²) in [5.41, 5.74) is 1.16. The maximum Gasteiger partial charge on any atom is 0.308 e. The van der Waals surface area contributed by atoms with Crippen LogP contribution >= 0.6 is 0 Å². The number of ether oxygens (including phenoxy) is 1. The van der Waals surface area contributed by atoms with E-state index in [1.54, 1.807) is 0 Å². The summed E-state index contributed by atoms with van der Waals surface area (Å²) in [6.45, 7) is 0.852. The summed E-state index contributed by atoms with van der Waals surface area (Å²) in [4.78, 5) is 48.5. The number of carboxylic acids is 1. The van der Waals surface area contributed by atoms with E-state index in [2.05, 4.69) is 5.32 Å². The van der Waals surface area contributed by atoms with Gasteiger partial charge in [-0.3, -0.25) is 19.2 Å². The number of nitrogens with one attached hydrogen (secondary N) is 1. The van der Waals surface area contributed by atoms with Crippen molar-refractivity contribution in [1.29, 1.82) is 0 Å². The Hall–Kier alpha value is -2.90. The van der Waals surface area contributed by atoms with Crippen LogP contribution in [0.1, 0.15) is 37.7 Å². The van der Waals surface area contributed by atoms with Gasteiger partial charge in [-0.25, -0.2) is 0 Å². The van der Waals surface area contributed by atoms with Crippen molar-refractivity contribution in [1.82, 2.24) is 10.2 Å². The lowest BCUT2D eigenvalue weighted by molar-refractivity contribution is -0.152. The average Bonchev–Trinajstić information content (AvgIpc) is 2.67. The van der Waals surface area contributed by atoms with Gasteiger partial charge in [0.1, 0.15) is 6.04 Å². The molecule has 0 aliphatic carbocycles. The quantitative estimate of drug-likeness (QED) is 0.457. The Kier molecular flexibility index (Phi) is 8.45. The highest BCUT2D eigenvalue weighted by atomic mass is 16.5. The van der Waals surface area contributed by atoms with E-state index in [1.165, 1.54) is 4.90 Å². The van der Waals surface area contributed by atoms with Gasteiger partial charge in [0.05, 0.1) is 13.0 Å². The van der Waals surface area contributed by atoms with Crippen LogP contribution in [0.5, 0.6) is 0 Å². The number of hydrogen-bond acceptors (Lipinski definition) is 5. The number of piperazine rings is 1. The minimum Gasteiger partial charge on any atom is -0.481 e. The Labute approximate surface area is 163 Å². The molecule has 8 heteroatoms. The number of esters is 1. The predicted octanol–water partition coefficient (Wildman–Crippen LogP) is 1.13. The molecule has 0 radical (unpaired) electrons. The molecule has 28 heavy (non-hydrogen) atoms. The molecule has 152 valence electrons. The highest BCUT2D eigenvalue weighted by Gasteiger charge is 2.34. The van der Waals surface area contributed by atoms with E-state index < -0.39 is 18.0 Å². The van der Waals surface area contributed by atoms with Crippen LogP contribution in [0.2, 0.25) is 0 Å². The zero-order chi connectivity index (χ0) is 20.4. The van der Waals surface area contributed by atoms with Crippen molar-refractivity contribution in [2.24, 2.45) is 0 Å². The van der Waals surface area contributed by atoms with E-state index in [0.717, 1.165) is 12.0 Å². The number of carbonyl (C=O) groups excluding carboxylic acids is 3. The van der Waals surface area contributed by atoms with Crippen LogP contribution < -0.4 is 5.32 Å². The van der Waals surface area contributed by atoms with Crippen LogP contribution in [0.3, 0.4) is 0 Å². The summed E-state index contributed by atoms with van der Waals surface area (Å²) >= 11 is 0. The molecule has 8 nitrogen and oxygen atoms in total. The van der Waals surface area contributed by atoms with Crippen molar-refractivity contribution in [2.75, 3.05) is 19.7 Å². The van der Waals surface area contributed by atoms with Gasteiger partial charge in [-0.1, -0.05) is 30.3 Å². The van der Waals surface area contributed by atoms with Gasteiger partial charge in [0, 0.05) is 25.9 Å². The zero-order valence-corrected chi connectivity index (χ0v) is 15.8. The maximum atomic E-state index is 12.3. The standard InChI is InChI=1S/C20H26N2O6/c23-17(9-4-10-18(24)25)22-12-11-21-20(27)16(22)14-19(26)28-13-5-8-15-6-2-1-3-7-15/h1-3,6-7,16H,4-5,8-14H2,(H,21,27)(H,24,25)/t16-/m0/s1. The van der Waals surface area contributed by atoms with Gasteiger partial charge < -0.3 is 20.1 Å². The van der Waals surface area contributed by atoms with E-state index in [4.69, 9.17) is 9.84 Å². The molecule has 1 atom stereocenters. The molecule has 1 aromatic carbocycles. The van der Waals surface area contributed by atoms with Crippen molar-refractivity contribution in [3.05, 3.63) is 35.9 Å².